The number of likely N-dealkylation sites (tertiary alicyclic amines) is 1. The Kier molecular flexibility index (Phi) is 5.36. The summed E-state index contributed by atoms with van der Waals surface area (Å²) in [7, 11) is 0. The van der Waals surface area contributed by atoms with Crippen LogP contribution in [-0.2, 0) is 4.74 Å². The number of pyridine rings is 1. The number of ether oxygens (including phenoxy) is 1. The Hall–Kier alpha value is -2.44. The number of rotatable bonds is 3. The highest BCUT2D eigenvalue weighted by Gasteiger charge is 2.27. The predicted octanol–water partition coefficient (Wildman–Crippen LogP) is 2.18. The minimum Gasteiger partial charge on any atom is -0.391 e. The van der Waals surface area contributed by atoms with E-state index in [1.54, 1.807) is 4.90 Å². The quantitative estimate of drug-likeness (QED) is 0.901. The van der Waals surface area contributed by atoms with Gasteiger partial charge in [-0.25, -0.2) is 4.98 Å². The van der Waals surface area contributed by atoms with Gasteiger partial charge in [-0.3, -0.25) is 4.79 Å². The summed E-state index contributed by atoms with van der Waals surface area (Å²) in [4.78, 5) is 21.9. The fourth-order valence-electron chi connectivity index (χ4n) is 3.71. The van der Waals surface area contributed by atoms with E-state index in [-0.39, 0.29) is 5.91 Å². The first-order chi connectivity index (χ1) is 13.2. The molecular weight excluding hydrogens is 342 g/mol. The Bertz CT molecular complexity index is 791. The Morgan fingerprint density at radius 2 is 1.85 bits per heavy atom. The summed E-state index contributed by atoms with van der Waals surface area (Å²) >= 11 is 0. The maximum atomic E-state index is 13.2. The number of anilines is 1. The van der Waals surface area contributed by atoms with Crippen molar-refractivity contribution < 1.29 is 14.6 Å². The molecule has 142 valence electrons. The van der Waals surface area contributed by atoms with Gasteiger partial charge in [-0.05, 0) is 25.0 Å². The molecule has 6 nitrogen and oxygen atoms in total. The molecule has 0 radical (unpaired) electrons. The fourth-order valence-corrected chi connectivity index (χ4v) is 3.71. The highest BCUT2D eigenvalue weighted by atomic mass is 16.5. The highest BCUT2D eigenvalue weighted by Crippen LogP contribution is 2.27. The molecule has 1 atom stereocenters. The van der Waals surface area contributed by atoms with E-state index in [9.17, 15) is 9.90 Å². The first-order valence-corrected chi connectivity index (χ1v) is 9.59. The van der Waals surface area contributed by atoms with E-state index in [2.05, 4.69) is 4.90 Å². The normalized spacial score (nSPS) is 20.6. The molecule has 6 heteroatoms. The molecule has 27 heavy (non-hydrogen) atoms. The van der Waals surface area contributed by atoms with Crippen molar-refractivity contribution in [3.05, 3.63) is 48.0 Å². The summed E-state index contributed by atoms with van der Waals surface area (Å²) in [5.74, 6) is 0.659. The van der Waals surface area contributed by atoms with Gasteiger partial charge in [-0.1, -0.05) is 30.3 Å². The number of carbonyl (C=O) groups is 1. The molecule has 1 aromatic heterocycles. The number of hydrogen-bond acceptors (Lipinski definition) is 5. The summed E-state index contributed by atoms with van der Waals surface area (Å²) in [6.07, 6.45) is 1.15. The Morgan fingerprint density at radius 3 is 2.59 bits per heavy atom. The van der Waals surface area contributed by atoms with Gasteiger partial charge in [-0.15, -0.1) is 0 Å². The number of β-amino-alcohol motifs (C(OH)–C–C–N with tert-alkyl or cyclic N) is 1. The van der Waals surface area contributed by atoms with Gasteiger partial charge in [0.1, 0.15) is 5.82 Å². The van der Waals surface area contributed by atoms with Crippen LogP contribution in [-0.4, -0.2) is 66.4 Å². The summed E-state index contributed by atoms with van der Waals surface area (Å²) in [6, 6.07) is 13.8. The SMILES string of the molecule is O=C(c1ccc(-c2ccccc2)nc1N1CCOCC1)N1CCCC(O)C1. The lowest BCUT2D eigenvalue weighted by molar-refractivity contribution is 0.0473. The maximum Gasteiger partial charge on any atom is 0.257 e. The van der Waals surface area contributed by atoms with Gasteiger partial charge >= 0.3 is 0 Å². The molecule has 1 unspecified atom stereocenters. The first kappa shape index (κ1) is 17.9. The molecule has 0 spiro atoms. The average molecular weight is 367 g/mol. The van der Waals surface area contributed by atoms with Gasteiger partial charge in [0.2, 0.25) is 0 Å². The van der Waals surface area contributed by atoms with Crippen LogP contribution in [0.1, 0.15) is 23.2 Å². The number of nitrogens with zero attached hydrogens (tertiary/aromatic N) is 3. The van der Waals surface area contributed by atoms with Gasteiger partial charge in [-0.2, -0.15) is 0 Å². The van der Waals surface area contributed by atoms with E-state index in [4.69, 9.17) is 9.72 Å². The molecular formula is C21H25N3O3. The number of piperidine rings is 1. The van der Waals surface area contributed by atoms with E-state index in [1.165, 1.54) is 0 Å². The third-order valence-corrected chi connectivity index (χ3v) is 5.17. The van der Waals surface area contributed by atoms with Gasteiger partial charge in [0.15, 0.2) is 0 Å². The molecule has 0 saturated carbocycles. The van der Waals surface area contributed by atoms with Crippen LogP contribution in [0.15, 0.2) is 42.5 Å². The summed E-state index contributed by atoms with van der Waals surface area (Å²) in [6.45, 7) is 3.77. The molecule has 1 N–H and O–H groups in total. The standard InChI is InChI=1S/C21H25N3O3/c25-17-7-4-10-24(15-17)21(26)18-8-9-19(16-5-2-1-3-6-16)22-20(18)23-11-13-27-14-12-23/h1-3,5-6,8-9,17,25H,4,7,10-15H2. The van der Waals surface area contributed by atoms with E-state index in [0.717, 1.165) is 24.1 Å². The van der Waals surface area contributed by atoms with E-state index in [0.29, 0.717) is 50.8 Å². The molecule has 2 fully saturated rings. The molecule has 4 rings (SSSR count). The maximum absolute atomic E-state index is 13.2. The lowest BCUT2D eigenvalue weighted by Gasteiger charge is -2.33. The minimum atomic E-state index is -0.439. The van der Waals surface area contributed by atoms with Crippen molar-refractivity contribution in [2.75, 3.05) is 44.3 Å². The van der Waals surface area contributed by atoms with Crippen molar-refractivity contribution in [1.29, 1.82) is 0 Å². The van der Waals surface area contributed by atoms with Crippen molar-refractivity contribution in [1.82, 2.24) is 9.88 Å². The molecule has 3 heterocycles. The number of amides is 1. The summed E-state index contributed by atoms with van der Waals surface area (Å²) in [5, 5.41) is 9.95. The second-order valence-electron chi connectivity index (χ2n) is 7.08. The number of benzene rings is 1. The zero-order chi connectivity index (χ0) is 18.6. The third-order valence-electron chi connectivity index (χ3n) is 5.17. The summed E-state index contributed by atoms with van der Waals surface area (Å²) < 4.78 is 5.47. The van der Waals surface area contributed by atoms with Crippen LogP contribution in [0.5, 0.6) is 0 Å². The van der Waals surface area contributed by atoms with Crippen LogP contribution in [0.25, 0.3) is 11.3 Å². The number of carbonyl (C=O) groups excluding carboxylic acids is 1. The van der Waals surface area contributed by atoms with Crippen molar-refractivity contribution in [3.63, 3.8) is 0 Å². The molecule has 2 aliphatic rings. The number of morpholine rings is 1. The molecule has 1 amide bonds. The van der Waals surface area contributed by atoms with Crippen LogP contribution in [0.2, 0.25) is 0 Å². The van der Waals surface area contributed by atoms with E-state index < -0.39 is 6.10 Å². The molecule has 2 saturated heterocycles. The van der Waals surface area contributed by atoms with Crippen LogP contribution in [0, 0.1) is 0 Å². The van der Waals surface area contributed by atoms with Crippen LogP contribution in [0.3, 0.4) is 0 Å². The van der Waals surface area contributed by atoms with Crippen LogP contribution < -0.4 is 4.90 Å². The highest BCUT2D eigenvalue weighted by molar-refractivity contribution is 5.99. The third kappa shape index (κ3) is 3.96. The zero-order valence-electron chi connectivity index (χ0n) is 15.4. The largest absolute Gasteiger partial charge is 0.391 e. The number of hydrogen-bond donors (Lipinski definition) is 1. The van der Waals surface area contributed by atoms with Crippen molar-refractivity contribution >= 4 is 11.7 Å². The second-order valence-corrected chi connectivity index (χ2v) is 7.08. The Morgan fingerprint density at radius 1 is 1.07 bits per heavy atom. The second kappa shape index (κ2) is 8.06. The van der Waals surface area contributed by atoms with E-state index in [1.807, 2.05) is 42.5 Å². The van der Waals surface area contributed by atoms with Gasteiger partial charge in [0.05, 0.1) is 30.6 Å². The molecule has 2 aliphatic heterocycles. The van der Waals surface area contributed by atoms with Gasteiger partial charge < -0.3 is 19.6 Å². The number of aliphatic hydroxyl groups excluding tert-OH is 1. The van der Waals surface area contributed by atoms with Crippen molar-refractivity contribution in [3.8, 4) is 11.3 Å². The molecule has 0 bridgehead atoms. The predicted molar refractivity (Wildman–Crippen MR) is 104 cm³/mol. The van der Waals surface area contributed by atoms with Gasteiger partial charge in [0, 0.05) is 31.7 Å². The van der Waals surface area contributed by atoms with Crippen molar-refractivity contribution in [2.24, 2.45) is 0 Å². The summed E-state index contributed by atoms with van der Waals surface area (Å²) in [5.41, 5.74) is 2.48. The molecule has 0 aliphatic carbocycles. The fraction of sp³-hybridized carbons (Fsp3) is 0.429. The molecule has 2 aromatic rings. The van der Waals surface area contributed by atoms with Gasteiger partial charge in [0.25, 0.3) is 5.91 Å². The average Bonchev–Trinajstić information content (AvgIpc) is 2.74. The van der Waals surface area contributed by atoms with Crippen molar-refractivity contribution in [2.45, 2.75) is 18.9 Å². The first-order valence-electron chi connectivity index (χ1n) is 9.59. The smallest absolute Gasteiger partial charge is 0.257 e. The number of aromatic nitrogens is 1. The molecule has 1 aromatic carbocycles. The minimum absolute atomic E-state index is 0.0534. The van der Waals surface area contributed by atoms with E-state index >= 15 is 0 Å². The topological polar surface area (TPSA) is 65.9 Å². The van der Waals surface area contributed by atoms with Crippen LogP contribution >= 0.6 is 0 Å². The lowest BCUT2D eigenvalue weighted by atomic mass is 10.1. The zero-order valence-corrected chi connectivity index (χ0v) is 15.4. The Labute approximate surface area is 159 Å². The Balaban J connectivity index is 1.70. The van der Waals surface area contributed by atoms with Crippen LogP contribution in [0.4, 0.5) is 5.82 Å². The monoisotopic (exact) mass is 367 g/mol. The lowest BCUT2D eigenvalue weighted by Crippen LogP contribution is -2.43. The number of aliphatic hydroxyl groups is 1.